The Morgan fingerprint density at radius 3 is 1.97 bits per heavy atom. The molecule has 29 heavy (non-hydrogen) atoms. The van der Waals surface area contributed by atoms with Gasteiger partial charge in [0.25, 0.3) is 0 Å². The van der Waals surface area contributed by atoms with Crippen LogP contribution >= 0.6 is 15.9 Å². The van der Waals surface area contributed by atoms with Crippen LogP contribution < -0.4 is 0 Å². The topological polar surface area (TPSA) is 0 Å². The van der Waals surface area contributed by atoms with Crippen molar-refractivity contribution in [1.82, 2.24) is 0 Å². The zero-order valence-electron chi connectivity index (χ0n) is 17.0. The Kier molecular flexibility index (Phi) is 4.26. The number of hydrogen-bond donors (Lipinski definition) is 0. The SMILES string of the molecule is CC(C)(C)c1ccc2c(Br)c3ccccc3c(-c3cccc4ccccc34)c2c1. The lowest BCUT2D eigenvalue weighted by Gasteiger charge is -2.22. The fourth-order valence-corrected chi connectivity index (χ4v) is 5.02. The molecule has 0 saturated heterocycles. The molecule has 0 fully saturated rings. The van der Waals surface area contributed by atoms with Crippen molar-refractivity contribution in [2.75, 3.05) is 0 Å². The van der Waals surface area contributed by atoms with Crippen LogP contribution in [0, 0.1) is 0 Å². The van der Waals surface area contributed by atoms with Gasteiger partial charge in [0.1, 0.15) is 0 Å². The second-order valence-corrected chi connectivity index (χ2v) is 9.56. The van der Waals surface area contributed by atoms with Crippen LogP contribution in [-0.4, -0.2) is 0 Å². The fraction of sp³-hybridized carbons (Fsp3) is 0.143. The molecule has 0 aliphatic heterocycles. The zero-order valence-corrected chi connectivity index (χ0v) is 18.5. The predicted octanol–water partition coefficient (Wildman–Crippen LogP) is 8.87. The van der Waals surface area contributed by atoms with E-state index >= 15 is 0 Å². The van der Waals surface area contributed by atoms with E-state index in [0.29, 0.717) is 0 Å². The van der Waals surface area contributed by atoms with Crippen molar-refractivity contribution in [1.29, 1.82) is 0 Å². The largest absolute Gasteiger partial charge is 0.0616 e. The summed E-state index contributed by atoms with van der Waals surface area (Å²) in [4.78, 5) is 0. The van der Waals surface area contributed by atoms with Crippen molar-refractivity contribution in [3.05, 3.63) is 95.0 Å². The quantitative estimate of drug-likeness (QED) is 0.229. The van der Waals surface area contributed by atoms with Gasteiger partial charge in [0.2, 0.25) is 0 Å². The first kappa shape index (κ1) is 18.4. The van der Waals surface area contributed by atoms with Crippen LogP contribution in [0.25, 0.3) is 43.4 Å². The maximum Gasteiger partial charge on any atom is 0.0332 e. The Morgan fingerprint density at radius 2 is 1.21 bits per heavy atom. The molecule has 5 aromatic carbocycles. The summed E-state index contributed by atoms with van der Waals surface area (Å²) in [5.74, 6) is 0. The molecule has 5 rings (SSSR count). The minimum Gasteiger partial charge on any atom is -0.0616 e. The summed E-state index contributed by atoms with van der Waals surface area (Å²) in [6.45, 7) is 6.84. The highest BCUT2D eigenvalue weighted by molar-refractivity contribution is 9.10. The number of fused-ring (bicyclic) bond motifs is 3. The summed E-state index contributed by atoms with van der Waals surface area (Å²) in [6.07, 6.45) is 0. The van der Waals surface area contributed by atoms with Crippen LogP contribution in [0.2, 0.25) is 0 Å². The van der Waals surface area contributed by atoms with Crippen LogP contribution in [-0.2, 0) is 5.41 Å². The highest BCUT2D eigenvalue weighted by Crippen LogP contribution is 2.44. The Bertz CT molecular complexity index is 1380. The van der Waals surface area contributed by atoms with E-state index in [9.17, 15) is 0 Å². The second kappa shape index (κ2) is 6.71. The molecule has 0 spiro atoms. The van der Waals surface area contributed by atoms with Crippen molar-refractivity contribution < 1.29 is 0 Å². The number of halogens is 1. The molecule has 0 aromatic heterocycles. The molecule has 0 N–H and O–H groups in total. The van der Waals surface area contributed by atoms with Gasteiger partial charge in [0.05, 0.1) is 0 Å². The monoisotopic (exact) mass is 438 g/mol. The molecule has 0 radical (unpaired) electrons. The van der Waals surface area contributed by atoms with Gasteiger partial charge in [-0.3, -0.25) is 0 Å². The van der Waals surface area contributed by atoms with E-state index in [0.717, 1.165) is 0 Å². The predicted molar refractivity (Wildman–Crippen MR) is 131 cm³/mol. The molecule has 0 nitrogen and oxygen atoms in total. The number of hydrogen-bond acceptors (Lipinski definition) is 0. The van der Waals surface area contributed by atoms with Gasteiger partial charge in [-0.25, -0.2) is 0 Å². The van der Waals surface area contributed by atoms with E-state index in [-0.39, 0.29) is 5.41 Å². The first-order chi connectivity index (χ1) is 13.9. The molecule has 5 aromatic rings. The Labute approximate surface area is 180 Å². The maximum atomic E-state index is 3.91. The smallest absolute Gasteiger partial charge is 0.0332 e. The minimum atomic E-state index is 0.0995. The van der Waals surface area contributed by atoms with Crippen LogP contribution in [0.1, 0.15) is 26.3 Å². The summed E-state index contributed by atoms with van der Waals surface area (Å²) in [5.41, 5.74) is 4.07. The van der Waals surface area contributed by atoms with Crippen LogP contribution in [0.3, 0.4) is 0 Å². The van der Waals surface area contributed by atoms with Crippen molar-refractivity contribution in [2.45, 2.75) is 26.2 Å². The summed E-state index contributed by atoms with van der Waals surface area (Å²) < 4.78 is 1.17. The first-order valence-electron chi connectivity index (χ1n) is 10.1. The van der Waals surface area contributed by atoms with Crippen molar-refractivity contribution in [3.63, 3.8) is 0 Å². The van der Waals surface area contributed by atoms with Crippen molar-refractivity contribution in [2.24, 2.45) is 0 Å². The van der Waals surface area contributed by atoms with E-state index in [1.54, 1.807) is 0 Å². The second-order valence-electron chi connectivity index (χ2n) is 8.77. The van der Waals surface area contributed by atoms with E-state index in [2.05, 4.69) is 122 Å². The number of rotatable bonds is 1. The van der Waals surface area contributed by atoms with Crippen LogP contribution in [0.4, 0.5) is 0 Å². The Morgan fingerprint density at radius 1 is 0.586 bits per heavy atom. The average Bonchev–Trinajstić information content (AvgIpc) is 2.73. The normalized spacial score (nSPS) is 12.1. The molecule has 1 heteroatoms. The summed E-state index contributed by atoms with van der Waals surface area (Å²) in [7, 11) is 0. The van der Waals surface area contributed by atoms with E-state index in [1.165, 1.54) is 53.5 Å². The van der Waals surface area contributed by atoms with Gasteiger partial charge in [-0.15, -0.1) is 0 Å². The third-order valence-corrected chi connectivity index (χ3v) is 6.74. The number of benzene rings is 5. The molecule has 142 valence electrons. The van der Waals surface area contributed by atoms with E-state index < -0.39 is 0 Å². The molecule has 0 unspecified atom stereocenters. The lowest BCUT2D eigenvalue weighted by atomic mass is 9.83. The first-order valence-corrected chi connectivity index (χ1v) is 10.9. The van der Waals surface area contributed by atoms with E-state index in [4.69, 9.17) is 0 Å². The van der Waals surface area contributed by atoms with Gasteiger partial charge in [-0.05, 0) is 76.4 Å². The third kappa shape index (κ3) is 2.96. The maximum absolute atomic E-state index is 3.91. The van der Waals surface area contributed by atoms with Gasteiger partial charge in [0.15, 0.2) is 0 Å². The molecule has 0 heterocycles. The fourth-order valence-electron chi connectivity index (χ4n) is 4.33. The van der Waals surface area contributed by atoms with Crippen molar-refractivity contribution >= 4 is 48.2 Å². The molecule has 0 bridgehead atoms. The standard InChI is InChI=1S/C28H23Br/c1-28(2,3)19-15-16-24-25(17-19)26(22-12-6-7-13-23(22)27(24)29)21-14-8-10-18-9-4-5-11-20(18)21/h4-17H,1-3H3. The van der Waals surface area contributed by atoms with Gasteiger partial charge >= 0.3 is 0 Å². The Balaban J connectivity index is 2.02. The molecule has 0 atom stereocenters. The lowest BCUT2D eigenvalue weighted by Crippen LogP contribution is -2.10. The molecule has 0 amide bonds. The highest BCUT2D eigenvalue weighted by Gasteiger charge is 2.19. The van der Waals surface area contributed by atoms with Gasteiger partial charge < -0.3 is 0 Å². The third-order valence-electron chi connectivity index (χ3n) is 5.88. The summed E-state index contributed by atoms with van der Waals surface area (Å²) >= 11 is 3.91. The average molecular weight is 439 g/mol. The summed E-state index contributed by atoms with van der Waals surface area (Å²) in [6, 6.07) is 31.0. The van der Waals surface area contributed by atoms with Gasteiger partial charge in [-0.2, -0.15) is 0 Å². The van der Waals surface area contributed by atoms with E-state index in [1.807, 2.05) is 0 Å². The molecule has 0 aliphatic rings. The van der Waals surface area contributed by atoms with Crippen LogP contribution in [0.15, 0.2) is 89.4 Å². The Hall–Kier alpha value is -2.64. The zero-order chi connectivity index (χ0) is 20.2. The van der Waals surface area contributed by atoms with Gasteiger partial charge in [-0.1, -0.05) is 99.6 Å². The van der Waals surface area contributed by atoms with Crippen LogP contribution in [0.5, 0.6) is 0 Å². The summed E-state index contributed by atoms with van der Waals surface area (Å²) in [5, 5.41) is 7.68. The lowest BCUT2D eigenvalue weighted by molar-refractivity contribution is 0.591. The molecular formula is C28H23Br. The molecule has 0 aliphatic carbocycles. The molecular weight excluding hydrogens is 416 g/mol. The highest BCUT2D eigenvalue weighted by atomic mass is 79.9. The van der Waals surface area contributed by atoms with Gasteiger partial charge in [0, 0.05) is 4.47 Å². The molecule has 0 saturated carbocycles. The minimum absolute atomic E-state index is 0.0995. The van der Waals surface area contributed by atoms with Crippen molar-refractivity contribution in [3.8, 4) is 11.1 Å².